The van der Waals surface area contributed by atoms with Gasteiger partial charge in [0.2, 0.25) is 11.8 Å². The Kier molecular flexibility index (Phi) is 7.30. The summed E-state index contributed by atoms with van der Waals surface area (Å²) in [5.74, 6) is 0.0121. The van der Waals surface area contributed by atoms with Crippen LogP contribution in [0.15, 0.2) is 46.2 Å². The van der Waals surface area contributed by atoms with Crippen molar-refractivity contribution in [3.8, 4) is 23.0 Å². The third-order valence-corrected chi connectivity index (χ3v) is 6.89. The molecule has 4 aromatic heterocycles. The lowest BCUT2D eigenvalue weighted by molar-refractivity contribution is 0.396. The summed E-state index contributed by atoms with van der Waals surface area (Å²) >= 11 is 12.5. The molecule has 14 heteroatoms. The first-order chi connectivity index (χ1) is 19.1. The van der Waals surface area contributed by atoms with E-state index in [-0.39, 0.29) is 57.4 Å². The molecular formula is C26H22Cl2FN7O4. The van der Waals surface area contributed by atoms with E-state index >= 15 is 0 Å². The molecule has 0 radical (unpaired) electrons. The van der Waals surface area contributed by atoms with E-state index in [2.05, 4.69) is 20.1 Å². The minimum atomic E-state index is -0.674. The highest BCUT2D eigenvalue weighted by molar-refractivity contribution is 6.33. The molecule has 1 aromatic carbocycles. The van der Waals surface area contributed by atoms with Crippen molar-refractivity contribution >= 4 is 34.2 Å². The van der Waals surface area contributed by atoms with Crippen LogP contribution in [-0.2, 0) is 20.1 Å². The molecule has 40 heavy (non-hydrogen) atoms. The fourth-order valence-electron chi connectivity index (χ4n) is 4.28. The first-order valence-electron chi connectivity index (χ1n) is 11.8. The number of halogens is 3. The fraction of sp³-hybridized carbons (Fsp3) is 0.231. The maximum Gasteiger partial charge on any atom is 0.332 e. The summed E-state index contributed by atoms with van der Waals surface area (Å²) in [7, 11) is 4.52. The van der Waals surface area contributed by atoms with Crippen LogP contribution in [-0.4, -0.2) is 48.1 Å². The molecule has 0 spiro atoms. The fourth-order valence-corrected chi connectivity index (χ4v) is 4.68. The molecule has 0 saturated heterocycles. The summed E-state index contributed by atoms with van der Waals surface area (Å²) in [6.07, 6.45) is 1.46. The van der Waals surface area contributed by atoms with Gasteiger partial charge in [-0.05, 0) is 42.3 Å². The SMILES string of the molecule is COc1ccc(Cl)c(-c2cc3c(nc2OC)c(=O)n(Cc2ncn(C)n2)c(=O)n3Cc2cc(Cl)c(F)cc2C)n1. The molecule has 0 N–H and O–H groups in total. The molecule has 0 saturated carbocycles. The number of aryl methyl sites for hydroxylation is 2. The van der Waals surface area contributed by atoms with Crippen LogP contribution >= 0.6 is 23.2 Å². The minimum Gasteiger partial charge on any atom is -0.481 e. The third-order valence-electron chi connectivity index (χ3n) is 6.30. The molecule has 5 rings (SSSR count). The molecular weight excluding hydrogens is 564 g/mol. The highest BCUT2D eigenvalue weighted by atomic mass is 35.5. The van der Waals surface area contributed by atoms with E-state index in [1.165, 1.54) is 41.9 Å². The molecule has 0 atom stereocenters. The zero-order valence-corrected chi connectivity index (χ0v) is 23.3. The maximum absolute atomic E-state index is 14.1. The summed E-state index contributed by atoms with van der Waals surface area (Å²) < 4.78 is 28.7. The normalized spacial score (nSPS) is 11.3. The average molecular weight is 586 g/mol. The largest absolute Gasteiger partial charge is 0.481 e. The number of pyridine rings is 2. The first-order valence-corrected chi connectivity index (χ1v) is 12.6. The molecule has 0 aliphatic rings. The molecule has 0 aliphatic carbocycles. The summed E-state index contributed by atoms with van der Waals surface area (Å²) in [4.78, 5) is 40.6. The monoisotopic (exact) mass is 585 g/mol. The molecule has 0 aliphatic heterocycles. The van der Waals surface area contributed by atoms with Crippen LogP contribution in [0.3, 0.4) is 0 Å². The van der Waals surface area contributed by atoms with E-state index < -0.39 is 17.1 Å². The van der Waals surface area contributed by atoms with E-state index in [0.717, 1.165) is 4.57 Å². The molecule has 0 bridgehead atoms. The second kappa shape index (κ2) is 10.7. The Morgan fingerprint density at radius 3 is 2.42 bits per heavy atom. The quantitative estimate of drug-likeness (QED) is 0.284. The number of aromatic nitrogens is 7. The van der Waals surface area contributed by atoms with Crippen LogP contribution in [0.4, 0.5) is 4.39 Å². The van der Waals surface area contributed by atoms with E-state index in [0.29, 0.717) is 16.7 Å². The average Bonchev–Trinajstić information content (AvgIpc) is 3.35. The highest BCUT2D eigenvalue weighted by Gasteiger charge is 2.22. The van der Waals surface area contributed by atoms with Crippen LogP contribution in [0.5, 0.6) is 11.8 Å². The number of methoxy groups -OCH3 is 2. The van der Waals surface area contributed by atoms with Crippen molar-refractivity contribution in [3.05, 3.63) is 90.3 Å². The van der Waals surface area contributed by atoms with Crippen molar-refractivity contribution in [2.45, 2.75) is 20.0 Å². The van der Waals surface area contributed by atoms with Crippen molar-refractivity contribution in [3.63, 3.8) is 0 Å². The van der Waals surface area contributed by atoms with Gasteiger partial charge >= 0.3 is 5.69 Å². The lowest BCUT2D eigenvalue weighted by atomic mass is 10.1. The van der Waals surface area contributed by atoms with Gasteiger partial charge in [0.15, 0.2) is 11.3 Å². The van der Waals surface area contributed by atoms with Gasteiger partial charge in [0.05, 0.1) is 54.1 Å². The Balaban J connectivity index is 1.83. The molecule has 11 nitrogen and oxygen atoms in total. The predicted octanol–water partition coefficient (Wildman–Crippen LogP) is 3.62. The molecule has 5 aromatic rings. The highest BCUT2D eigenvalue weighted by Crippen LogP contribution is 2.35. The van der Waals surface area contributed by atoms with Crippen molar-refractivity contribution in [2.75, 3.05) is 14.2 Å². The second-order valence-corrected chi connectivity index (χ2v) is 9.70. The van der Waals surface area contributed by atoms with Gasteiger partial charge in [-0.25, -0.2) is 24.1 Å². The Morgan fingerprint density at radius 1 is 0.975 bits per heavy atom. The summed E-state index contributed by atoms with van der Waals surface area (Å²) in [5, 5.41) is 4.36. The smallest absolute Gasteiger partial charge is 0.332 e. The van der Waals surface area contributed by atoms with Crippen LogP contribution in [0, 0.1) is 12.7 Å². The Labute approximate surface area is 236 Å². The molecule has 4 heterocycles. The van der Waals surface area contributed by atoms with Gasteiger partial charge in [0.25, 0.3) is 5.56 Å². The van der Waals surface area contributed by atoms with E-state index in [4.69, 9.17) is 32.7 Å². The zero-order chi connectivity index (χ0) is 28.7. The molecule has 0 unspecified atom stereocenters. The van der Waals surface area contributed by atoms with Crippen molar-refractivity contribution < 1.29 is 13.9 Å². The molecule has 0 fully saturated rings. The summed E-state index contributed by atoms with van der Waals surface area (Å²) in [6.45, 7) is 1.44. The van der Waals surface area contributed by atoms with Gasteiger partial charge in [-0.3, -0.25) is 18.6 Å². The number of rotatable bonds is 7. The van der Waals surface area contributed by atoms with E-state index in [9.17, 15) is 14.0 Å². The van der Waals surface area contributed by atoms with Crippen molar-refractivity contribution in [1.82, 2.24) is 33.9 Å². The van der Waals surface area contributed by atoms with Crippen LogP contribution in [0.1, 0.15) is 17.0 Å². The van der Waals surface area contributed by atoms with Crippen LogP contribution in [0.25, 0.3) is 22.3 Å². The number of benzene rings is 1. The van der Waals surface area contributed by atoms with Gasteiger partial charge in [-0.1, -0.05) is 23.2 Å². The lowest BCUT2D eigenvalue weighted by Crippen LogP contribution is -2.41. The molecule has 0 amide bonds. The minimum absolute atomic E-state index is 0.0518. The van der Waals surface area contributed by atoms with Crippen LogP contribution < -0.4 is 20.7 Å². The topological polar surface area (TPSA) is 119 Å². The summed E-state index contributed by atoms with van der Waals surface area (Å²) in [6, 6.07) is 7.47. The maximum atomic E-state index is 14.1. The zero-order valence-electron chi connectivity index (χ0n) is 21.8. The van der Waals surface area contributed by atoms with Gasteiger partial charge in [0, 0.05) is 13.1 Å². The second-order valence-electron chi connectivity index (χ2n) is 8.88. The van der Waals surface area contributed by atoms with Gasteiger partial charge in [0.1, 0.15) is 12.1 Å². The van der Waals surface area contributed by atoms with Gasteiger partial charge in [-0.15, -0.1) is 0 Å². The Morgan fingerprint density at radius 2 is 1.75 bits per heavy atom. The number of nitrogens with zero attached hydrogens (tertiary/aromatic N) is 7. The van der Waals surface area contributed by atoms with Gasteiger partial charge in [-0.2, -0.15) is 5.10 Å². The number of fused-ring (bicyclic) bond motifs is 1. The number of ether oxygens (including phenoxy) is 2. The predicted molar refractivity (Wildman–Crippen MR) is 147 cm³/mol. The Bertz CT molecular complexity index is 1900. The Hall–Kier alpha value is -4.29. The molecule has 206 valence electrons. The van der Waals surface area contributed by atoms with Gasteiger partial charge < -0.3 is 9.47 Å². The number of hydrogen-bond acceptors (Lipinski definition) is 8. The number of hydrogen-bond donors (Lipinski definition) is 0. The van der Waals surface area contributed by atoms with Crippen molar-refractivity contribution in [1.29, 1.82) is 0 Å². The third kappa shape index (κ3) is 4.91. The standard InChI is InChI=1S/C26H22Cl2FN7O4/c1-13-7-18(29)17(28)8-14(13)10-35-19-9-15(22-16(27)5-6-21(31-22)39-3)24(40-4)32-23(19)25(37)36(26(35)38)11-20-30-12-34(2)33-20/h5-9,12H,10-11H2,1-4H3. The van der Waals surface area contributed by atoms with Crippen molar-refractivity contribution in [2.24, 2.45) is 7.05 Å². The first kappa shape index (κ1) is 27.3. The van der Waals surface area contributed by atoms with E-state index in [1.54, 1.807) is 32.2 Å². The van der Waals surface area contributed by atoms with E-state index in [1.807, 2.05) is 0 Å². The summed E-state index contributed by atoms with van der Waals surface area (Å²) in [5.41, 5.74) is 0.506. The lowest BCUT2D eigenvalue weighted by Gasteiger charge is -2.17. The van der Waals surface area contributed by atoms with Crippen LogP contribution in [0.2, 0.25) is 10.0 Å².